The summed E-state index contributed by atoms with van der Waals surface area (Å²) in [5.41, 5.74) is 2.93. The second-order valence-electron chi connectivity index (χ2n) is 7.39. The molecule has 0 aliphatic carbocycles. The summed E-state index contributed by atoms with van der Waals surface area (Å²) in [5.74, 6) is -0.174. The summed E-state index contributed by atoms with van der Waals surface area (Å²) in [6.45, 7) is 0. The van der Waals surface area contributed by atoms with Gasteiger partial charge in [-0.1, -0.05) is 29.8 Å². The number of benzene rings is 3. The van der Waals surface area contributed by atoms with Gasteiger partial charge >= 0.3 is 0 Å². The van der Waals surface area contributed by atoms with Crippen LogP contribution in [0.2, 0.25) is 5.02 Å². The minimum absolute atomic E-state index is 0.189. The van der Waals surface area contributed by atoms with Crippen molar-refractivity contribution in [3.8, 4) is 22.5 Å². The van der Waals surface area contributed by atoms with Gasteiger partial charge in [-0.15, -0.1) is 0 Å². The molecule has 0 atom stereocenters. The molecule has 2 N–H and O–H groups in total. The van der Waals surface area contributed by atoms with Crippen LogP contribution >= 0.6 is 11.6 Å². The monoisotopic (exact) mass is 441 g/mol. The largest absolute Gasteiger partial charge is 0.337 e. The molecule has 0 bridgehead atoms. The van der Waals surface area contributed by atoms with Crippen molar-refractivity contribution < 1.29 is 4.39 Å². The first-order chi connectivity index (χ1) is 15.6. The van der Waals surface area contributed by atoms with E-state index in [4.69, 9.17) is 16.6 Å². The minimum atomic E-state index is -0.477. The smallest absolute Gasteiger partial charge is 0.256 e. The molecular weight excluding hydrogens is 429 g/mol. The van der Waals surface area contributed by atoms with Crippen LogP contribution in [0.25, 0.3) is 55.1 Å². The molecule has 0 aliphatic heterocycles. The second-order valence-corrected chi connectivity index (χ2v) is 7.80. The van der Waals surface area contributed by atoms with Crippen molar-refractivity contribution in [1.29, 1.82) is 0 Å². The highest BCUT2D eigenvalue weighted by Gasteiger charge is 2.19. The van der Waals surface area contributed by atoms with Crippen LogP contribution in [0.4, 0.5) is 4.39 Å². The van der Waals surface area contributed by atoms with Gasteiger partial charge in [0.25, 0.3) is 5.56 Å². The number of fused-ring (bicyclic) bond motifs is 6. The standard InChI is InChI=1S/C24H13ClFN5O/c25-17-2-1-3-18(26)20(17)23-30-21-14-5-4-12(13-9-27-11-28-10-13)8-16(14)19-15(22(21)31-23)6-7-29-24(19)32/h1-11H,(H,29,32)(H,30,31). The lowest BCUT2D eigenvalue weighted by molar-refractivity contribution is 0.630. The fraction of sp³-hybridized carbons (Fsp3) is 0. The maximum absolute atomic E-state index is 14.6. The van der Waals surface area contributed by atoms with E-state index in [0.29, 0.717) is 27.6 Å². The highest BCUT2D eigenvalue weighted by atomic mass is 35.5. The Morgan fingerprint density at radius 3 is 2.59 bits per heavy atom. The molecule has 3 aromatic heterocycles. The molecule has 32 heavy (non-hydrogen) atoms. The van der Waals surface area contributed by atoms with Crippen LogP contribution in [0.3, 0.4) is 0 Å². The lowest BCUT2D eigenvalue weighted by atomic mass is 9.97. The minimum Gasteiger partial charge on any atom is -0.337 e. The molecule has 0 aliphatic rings. The first kappa shape index (κ1) is 18.7. The summed E-state index contributed by atoms with van der Waals surface area (Å²) in [6.07, 6.45) is 6.48. The predicted molar refractivity (Wildman–Crippen MR) is 123 cm³/mol. The summed E-state index contributed by atoms with van der Waals surface area (Å²) in [4.78, 5) is 31.7. The Hall–Kier alpha value is -4.10. The van der Waals surface area contributed by atoms with Crippen LogP contribution < -0.4 is 5.56 Å². The van der Waals surface area contributed by atoms with Gasteiger partial charge in [0.2, 0.25) is 0 Å². The van der Waals surface area contributed by atoms with E-state index in [1.807, 2.05) is 24.3 Å². The molecule has 6 aromatic rings. The molecule has 0 radical (unpaired) electrons. The number of pyridine rings is 1. The lowest BCUT2D eigenvalue weighted by Crippen LogP contribution is -2.05. The van der Waals surface area contributed by atoms with Crippen molar-refractivity contribution in [2.24, 2.45) is 0 Å². The van der Waals surface area contributed by atoms with Crippen LogP contribution in [0.5, 0.6) is 0 Å². The molecule has 154 valence electrons. The Bertz CT molecular complexity index is 1710. The third-order valence-corrected chi connectivity index (χ3v) is 5.89. The first-order valence-electron chi connectivity index (χ1n) is 9.78. The molecular formula is C24H13ClFN5O. The molecule has 0 saturated heterocycles. The Balaban J connectivity index is 1.75. The van der Waals surface area contributed by atoms with Crippen LogP contribution in [-0.4, -0.2) is 24.9 Å². The van der Waals surface area contributed by atoms with E-state index in [9.17, 15) is 9.18 Å². The topological polar surface area (TPSA) is 87.3 Å². The number of nitrogens with one attached hydrogen (secondary N) is 2. The van der Waals surface area contributed by atoms with Gasteiger partial charge in [-0.3, -0.25) is 4.79 Å². The van der Waals surface area contributed by atoms with Gasteiger partial charge in [0.1, 0.15) is 18.0 Å². The number of rotatable bonds is 2. The van der Waals surface area contributed by atoms with E-state index in [2.05, 4.69) is 19.9 Å². The fourth-order valence-corrected chi connectivity index (χ4v) is 4.40. The molecule has 0 unspecified atom stereocenters. The number of hydrogen-bond acceptors (Lipinski definition) is 4. The SMILES string of the molecule is O=c1[nH]ccc2c3[nH]c(-c4c(F)cccc4Cl)nc3c3ccc(-c4cncnc4)cc3c12. The normalized spacial score (nSPS) is 11.6. The maximum Gasteiger partial charge on any atom is 0.256 e. The zero-order valence-electron chi connectivity index (χ0n) is 16.4. The third kappa shape index (κ3) is 2.72. The van der Waals surface area contributed by atoms with Crippen molar-refractivity contribution in [3.63, 3.8) is 0 Å². The Morgan fingerprint density at radius 1 is 0.938 bits per heavy atom. The summed E-state index contributed by atoms with van der Waals surface area (Å²) >= 11 is 6.28. The number of halogens is 2. The molecule has 3 aromatic carbocycles. The van der Waals surface area contributed by atoms with Crippen molar-refractivity contribution in [2.75, 3.05) is 0 Å². The van der Waals surface area contributed by atoms with Gasteiger partial charge < -0.3 is 9.97 Å². The van der Waals surface area contributed by atoms with Crippen LogP contribution in [0.1, 0.15) is 0 Å². The van der Waals surface area contributed by atoms with E-state index in [1.54, 1.807) is 30.7 Å². The van der Waals surface area contributed by atoms with E-state index in [0.717, 1.165) is 21.9 Å². The summed E-state index contributed by atoms with van der Waals surface area (Å²) in [6, 6.07) is 12.1. The molecule has 0 amide bonds. The number of nitrogens with zero attached hydrogens (tertiary/aromatic N) is 3. The van der Waals surface area contributed by atoms with Crippen LogP contribution in [0, 0.1) is 5.82 Å². The Labute approximate surface area is 184 Å². The Morgan fingerprint density at radius 2 is 1.78 bits per heavy atom. The highest BCUT2D eigenvalue weighted by Crippen LogP contribution is 2.37. The number of hydrogen-bond donors (Lipinski definition) is 2. The number of aromatic nitrogens is 5. The van der Waals surface area contributed by atoms with Gasteiger partial charge in [0.15, 0.2) is 0 Å². The van der Waals surface area contributed by atoms with E-state index >= 15 is 0 Å². The Kier molecular flexibility index (Phi) is 4.06. The zero-order valence-corrected chi connectivity index (χ0v) is 17.1. The number of imidazole rings is 1. The van der Waals surface area contributed by atoms with E-state index < -0.39 is 5.82 Å². The summed E-state index contributed by atoms with van der Waals surface area (Å²) in [7, 11) is 0. The van der Waals surface area contributed by atoms with Gasteiger partial charge in [0.05, 0.1) is 27.0 Å². The predicted octanol–water partition coefficient (Wildman–Crippen LogP) is 5.47. The van der Waals surface area contributed by atoms with Crippen LogP contribution in [-0.2, 0) is 0 Å². The van der Waals surface area contributed by atoms with Crippen molar-refractivity contribution in [2.45, 2.75) is 0 Å². The summed E-state index contributed by atoms with van der Waals surface area (Å²) in [5, 5.41) is 2.95. The average molecular weight is 442 g/mol. The van der Waals surface area contributed by atoms with E-state index in [-0.39, 0.29) is 16.1 Å². The van der Waals surface area contributed by atoms with E-state index in [1.165, 1.54) is 12.4 Å². The molecule has 8 heteroatoms. The van der Waals surface area contributed by atoms with Gasteiger partial charge in [-0.25, -0.2) is 19.3 Å². The molecule has 0 saturated carbocycles. The number of aromatic amines is 2. The first-order valence-corrected chi connectivity index (χ1v) is 10.2. The zero-order chi connectivity index (χ0) is 21.8. The lowest BCUT2D eigenvalue weighted by Gasteiger charge is -2.08. The molecule has 6 nitrogen and oxygen atoms in total. The maximum atomic E-state index is 14.6. The van der Waals surface area contributed by atoms with Crippen molar-refractivity contribution in [3.05, 3.63) is 88.6 Å². The van der Waals surface area contributed by atoms with Crippen LogP contribution in [0.15, 0.2) is 72.2 Å². The molecule has 6 rings (SSSR count). The van der Waals surface area contributed by atoms with Crippen molar-refractivity contribution in [1.82, 2.24) is 24.9 Å². The van der Waals surface area contributed by atoms with Crippen molar-refractivity contribution >= 4 is 44.2 Å². The fourth-order valence-electron chi connectivity index (χ4n) is 4.15. The molecule has 3 heterocycles. The molecule has 0 spiro atoms. The average Bonchev–Trinajstić information content (AvgIpc) is 3.24. The van der Waals surface area contributed by atoms with Gasteiger partial charge in [-0.05, 0) is 35.2 Å². The van der Waals surface area contributed by atoms with Gasteiger partial charge in [0, 0.05) is 34.9 Å². The highest BCUT2D eigenvalue weighted by molar-refractivity contribution is 6.33. The van der Waals surface area contributed by atoms with Gasteiger partial charge in [-0.2, -0.15) is 0 Å². The summed E-state index contributed by atoms with van der Waals surface area (Å²) < 4.78 is 14.6. The second kappa shape index (κ2) is 6.96. The molecule has 0 fully saturated rings. The number of H-pyrrole nitrogens is 2. The third-order valence-electron chi connectivity index (χ3n) is 5.57. The quantitative estimate of drug-likeness (QED) is 0.348.